The number of alkyl carbamates (subject to hydrolysis) is 1. The summed E-state index contributed by atoms with van der Waals surface area (Å²) in [7, 11) is 0. The molecule has 2 aromatic carbocycles. The van der Waals surface area contributed by atoms with Gasteiger partial charge in [0.15, 0.2) is 5.54 Å². The minimum atomic E-state index is -1.42. The van der Waals surface area contributed by atoms with Crippen molar-refractivity contribution in [1.82, 2.24) is 5.32 Å². The van der Waals surface area contributed by atoms with Crippen molar-refractivity contribution in [3.05, 3.63) is 64.7 Å². The Kier molecular flexibility index (Phi) is 8.10. The Morgan fingerprint density at radius 1 is 1.17 bits per heavy atom. The van der Waals surface area contributed by atoms with E-state index < -0.39 is 23.8 Å². The van der Waals surface area contributed by atoms with E-state index >= 15 is 0 Å². The maximum Gasteiger partial charge on any atom is 0.408 e. The van der Waals surface area contributed by atoms with Gasteiger partial charge in [0.1, 0.15) is 18.0 Å². The molecule has 1 amide bonds. The summed E-state index contributed by atoms with van der Waals surface area (Å²) < 4.78 is 11.0. The zero-order valence-corrected chi connectivity index (χ0v) is 18.2. The summed E-state index contributed by atoms with van der Waals surface area (Å²) in [5, 5.41) is 22.4. The number of ether oxygens (including phenoxy) is 2. The molecule has 6 nitrogen and oxygen atoms in total. The van der Waals surface area contributed by atoms with E-state index in [4.69, 9.17) is 21.1 Å². The minimum Gasteiger partial charge on any atom is -0.489 e. The SMILES string of the molecule is CC(C)(C)OC(=O)NC(C#N)(CO)CCc1ccc(OCc2ccccc2Cl)cc1. The highest BCUT2D eigenvalue weighted by Gasteiger charge is 2.33. The lowest BCUT2D eigenvalue weighted by Crippen LogP contribution is -2.52. The fourth-order valence-electron chi connectivity index (χ4n) is 2.69. The Labute approximate surface area is 182 Å². The molecule has 2 rings (SSSR count). The van der Waals surface area contributed by atoms with Gasteiger partial charge in [-0.05, 0) is 57.4 Å². The quantitative estimate of drug-likeness (QED) is 0.637. The highest BCUT2D eigenvalue weighted by atomic mass is 35.5. The third kappa shape index (κ3) is 7.25. The number of nitriles is 1. The van der Waals surface area contributed by atoms with Gasteiger partial charge < -0.3 is 19.9 Å². The molecule has 2 N–H and O–H groups in total. The van der Waals surface area contributed by atoms with E-state index in [0.29, 0.717) is 23.8 Å². The molecular weight excluding hydrogens is 404 g/mol. The van der Waals surface area contributed by atoms with E-state index in [2.05, 4.69) is 5.32 Å². The maximum atomic E-state index is 12.0. The van der Waals surface area contributed by atoms with Crippen LogP contribution < -0.4 is 10.1 Å². The van der Waals surface area contributed by atoms with Gasteiger partial charge in [0.25, 0.3) is 0 Å². The average molecular weight is 431 g/mol. The van der Waals surface area contributed by atoms with Crippen LogP contribution in [0.25, 0.3) is 0 Å². The molecule has 0 aliphatic carbocycles. The Morgan fingerprint density at radius 2 is 1.83 bits per heavy atom. The zero-order chi connectivity index (χ0) is 22.2. The third-order valence-corrected chi connectivity index (χ3v) is 4.71. The van der Waals surface area contributed by atoms with Crippen LogP contribution in [0, 0.1) is 11.3 Å². The summed E-state index contributed by atoms with van der Waals surface area (Å²) in [4.78, 5) is 12.0. The second-order valence-electron chi connectivity index (χ2n) is 8.00. The molecule has 0 aliphatic rings. The fraction of sp³-hybridized carbons (Fsp3) is 0.391. The molecule has 0 saturated heterocycles. The first-order valence-corrected chi connectivity index (χ1v) is 10.0. The lowest BCUT2D eigenvalue weighted by Gasteiger charge is -2.28. The summed E-state index contributed by atoms with van der Waals surface area (Å²) in [6.07, 6.45) is -0.0187. The summed E-state index contributed by atoms with van der Waals surface area (Å²) >= 11 is 6.13. The monoisotopic (exact) mass is 430 g/mol. The highest BCUT2D eigenvalue weighted by molar-refractivity contribution is 6.31. The fourth-order valence-corrected chi connectivity index (χ4v) is 2.88. The van der Waals surface area contributed by atoms with Crippen molar-refractivity contribution in [3.63, 3.8) is 0 Å². The number of rotatable bonds is 8. The molecule has 1 atom stereocenters. The van der Waals surface area contributed by atoms with Gasteiger partial charge >= 0.3 is 6.09 Å². The predicted molar refractivity (Wildman–Crippen MR) is 115 cm³/mol. The van der Waals surface area contributed by atoms with Crippen molar-refractivity contribution < 1.29 is 19.4 Å². The van der Waals surface area contributed by atoms with E-state index in [0.717, 1.165) is 11.1 Å². The molecule has 0 saturated carbocycles. The molecule has 160 valence electrons. The number of nitrogens with zero attached hydrogens (tertiary/aromatic N) is 1. The van der Waals surface area contributed by atoms with Gasteiger partial charge in [-0.15, -0.1) is 0 Å². The van der Waals surface area contributed by atoms with E-state index in [1.54, 1.807) is 20.8 Å². The molecule has 2 aromatic rings. The minimum absolute atomic E-state index is 0.235. The number of aliphatic hydroxyl groups excluding tert-OH is 1. The standard InChI is InChI=1S/C23H27ClN2O4/c1-22(2,3)30-21(28)26-23(15-25,16-27)13-12-17-8-10-19(11-9-17)29-14-18-6-4-5-7-20(18)24/h4-11,27H,12-14,16H2,1-3H3,(H,26,28). The molecule has 0 aliphatic heterocycles. The van der Waals surface area contributed by atoms with Gasteiger partial charge in [-0.25, -0.2) is 4.79 Å². The number of aliphatic hydroxyl groups is 1. The summed E-state index contributed by atoms with van der Waals surface area (Å²) in [5.74, 6) is 0.694. The number of nitrogens with one attached hydrogen (secondary N) is 1. The van der Waals surface area contributed by atoms with Crippen molar-refractivity contribution in [1.29, 1.82) is 5.26 Å². The average Bonchev–Trinajstić information content (AvgIpc) is 2.70. The lowest BCUT2D eigenvalue weighted by molar-refractivity contribution is 0.0438. The van der Waals surface area contributed by atoms with Crippen LogP contribution in [0.3, 0.4) is 0 Å². The largest absolute Gasteiger partial charge is 0.489 e. The molecule has 0 bridgehead atoms. The normalized spacial score (nSPS) is 13.1. The van der Waals surface area contributed by atoms with E-state index in [1.165, 1.54) is 0 Å². The van der Waals surface area contributed by atoms with Crippen molar-refractivity contribution in [3.8, 4) is 11.8 Å². The topological polar surface area (TPSA) is 91.6 Å². The Bertz CT molecular complexity index is 887. The predicted octanol–water partition coefficient (Wildman–Crippen LogP) is 4.63. The van der Waals surface area contributed by atoms with Crippen molar-refractivity contribution in [2.45, 2.75) is 51.4 Å². The number of halogens is 1. The number of carbonyl (C=O) groups is 1. The molecule has 30 heavy (non-hydrogen) atoms. The first kappa shape index (κ1) is 23.5. The number of hydrogen-bond donors (Lipinski definition) is 2. The van der Waals surface area contributed by atoms with Gasteiger partial charge in [0.05, 0.1) is 12.7 Å². The number of benzene rings is 2. The Morgan fingerprint density at radius 3 is 2.40 bits per heavy atom. The first-order chi connectivity index (χ1) is 14.2. The molecule has 0 heterocycles. The third-order valence-electron chi connectivity index (χ3n) is 4.34. The second-order valence-corrected chi connectivity index (χ2v) is 8.41. The van der Waals surface area contributed by atoms with Crippen LogP contribution in [-0.4, -0.2) is 28.9 Å². The van der Waals surface area contributed by atoms with Crippen molar-refractivity contribution >= 4 is 17.7 Å². The molecule has 0 radical (unpaired) electrons. The number of hydrogen-bond acceptors (Lipinski definition) is 5. The Balaban J connectivity index is 1.94. The molecule has 7 heteroatoms. The van der Waals surface area contributed by atoms with Crippen LogP contribution in [0.4, 0.5) is 4.79 Å². The maximum absolute atomic E-state index is 12.0. The lowest BCUT2D eigenvalue weighted by atomic mass is 9.93. The number of amides is 1. The van der Waals surface area contributed by atoms with Crippen LogP contribution in [0.15, 0.2) is 48.5 Å². The van der Waals surface area contributed by atoms with Crippen LogP contribution in [0.2, 0.25) is 5.02 Å². The van der Waals surface area contributed by atoms with Crippen LogP contribution >= 0.6 is 11.6 Å². The van der Waals surface area contributed by atoms with Crippen LogP contribution in [-0.2, 0) is 17.8 Å². The van der Waals surface area contributed by atoms with Crippen LogP contribution in [0.5, 0.6) is 5.75 Å². The summed E-state index contributed by atoms with van der Waals surface area (Å²) in [6, 6.07) is 16.9. The summed E-state index contributed by atoms with van der Waals surface area (Å²) in [5.41, 5.74) is -0.264. The molecule has 0 fully saturated rings. The highest BCUT2D eigenvalue weighted by Crippen LogP contribution is 2.21. The van der Waals surface area contributed by atoms with Gasteiger partial charge in [0, 0.05) is 10.6 Å². The van der Waals surface area contributed by atoms with Gasteiger partial charge in [-0.2, -0.15) is 5.26 Å². The van der Waals surface area contributed by atoms with Crippen LogP contribution in [0.1, 0.15) is 38.3 Å². The number of carbonyl (C=O) groups excluding carboxylic acids is 1. The molecule has 1 unspecified atom stereocenters. The van der Waals surface area contributed by atoms with Gasteiger partial charge in [0.2, 0.25) is 0 Å². The van der Waals surface area contributed by atoms with E-state index in [1.807, 2.05) is 54.6 Å². The van der Waals surface area contributed by atoms with E-state index in [-0.39, 0.29) is 6.42 Å². The van der Waals surface area contributed by atoms with Crippen molar-refractivity contribution in [2.24, 2.45) is 0 Å². The number of aryl methyl sites for hydroxylation is 1. The molecule has 0 spiro atoms. The van der Waals surface area contributed by atoms with Gasteiger partial charge in [-0.1, -0.05) is 41.9 Å². The first-order valence-electron chi connectivity index (χ1n) is 9.65. The zero-order valence-electron chi connectivity index (χ0n) is 17.4. The Hall–Kier alpha value is -2.75. The van der Waals surface area contributed by atoms with Gasteiger partial charge in [-0.3, -0.25) is 0 Å². The summed E-state index contributed by atoms with van der Waals surface area (Å²) in [6.45, 7) is 5.04. The smallest absolute Gasteiger partial charge is 0.408 e. The molecular formula is C23H27ClN2O4. The second kappa shape index (κ2) is 10.3. The van der Waals surface area contributed by atoms with E-state index in [9.17, 15) is 15.2 Å². The molecule has 0 aromatic heterocycles. The van der Waals surface area contributed by atoms with Crippen molar-refractivity contribution in [2.75, 3.05) is 6.61 Å².